The molecule has 14 heavy (non-hydrogen) atoms. The van der Waals surface area contributed by atoms with Crippen molar-refractivity contribution in [1.29, 1.82) is 0 Å². The van der Waals surface area contributed by atoms with Crippen LogP contribution in [0, 0.1) is 0 Å². The molecule has 1 nitrogen and oxygen atoms in total. The molecule has 0 aliphatic heterocycles. The molecule has 86 valence electrons. The minimum Gasteiger partial charge on any atom is -0.385 e. The van der Waals surface area contributed by atoms with Crippen LogP contribution in [0.5, 0.6) is 0 Å². The van der Waals surface area contributed by atoms with Crippen molar-refractivity contribution in [2.75, 3.05) is 19.5 Å². The van der Waals surface area contributed by atoms with Crippen LogP contribution in [0.4, 0.5) is 0 Å². The third kappa shape index (κ3) is 12.3. The van der Waals surface area contributed by atoms with Crippen molar-refractivity contribution in [3.05, 3.63) is 0 Å². The number of ether oxygens (including phenoxy) is 1. The van der Waals surface area contributed by atoms with E-state index in [1.54, 1.807) is 7.11 Å². The Hall–Kier alpha value is 0.310. The highest BCUT2D eigenvalue weighted by Crippen LogP contribution is 2.09. The molecule has 0 aromatic rings. The summed E-state index contributed by atoms with van der Waals surface area (Å²) in [5, 5.41) is 0. The zero-order valence-electron chi connectivity index (χ0n) is 9.63. The molecular formula is C12H26OS. The number of unbranched alkanes of at least 4 members (excludes halogenated alkanes) is 8. The van der Waals surface area contributed by atoms with Crippen LogP contribution in [0.25, 0.3) is 0 Å². The van der Waals surface area contributed by atoms with Crippen molar-refractivity contribution in [2.24, 2.45) is 0 Å². The standard InChI is InChI=1S/C12H26OS/c1-13-11-9-7-5-3-2-4-6-8-10-12-14/h14H,2-12H2,1H3. The first-order valence-corrected chi connectivity index (χ1v) is 6.65. The van der Waals surface area contributed by atoms with Crippen molar-refractivity contribution in [3.8, 4) is 0 Å². The van der Waals surface area contributed by atoms with E-state index < -0.39 is 0 Å². The average Bonchev–Trinajstić information content (AvgIpc) is 2.21. The molecule has 2 heteroatoms. The lowest BCUT2D eigenvalue weighted by Gasteiger charge is -2.01. The maximum atomic E-state index is 5.01. The molecule has 0 aromatic carbocycles. The fourth-order valence-corrected chi connectivity index (χ4v) is 1.82. The SMILES string of the molecule is COCCCCCCCCCCCS. The van der Waals surface area contributed by atoms with Crippen LogP contribution in [0.15, 0.2) is 0 Å². The van der Waals surface area contributed by atoms with Crippen molar-refractivity contribution in [2.45, 2.75) is 57.8 Å². The molecule has 0 saturated heterocycles. The van der Waals surface area contributed by atoms with Gasteiger partial charge in [-0.05, 0) is 18.6 Å². The molecule has 0 spiro atoms. The van der Waals surface area contributed by atoms with Gasteiger partial charge in [0, 0.05) is 13.7 Å². The Kier molecular flexibility index (Phi) is 13.6. The van der Waals surface area contributed by atoms with Gasteiger partial charge in [-0.3, -0.25) is 0 Å². The minimum absolute atomic E-state index is 0.932. The fraction of sp³-hybridized carbons (Fsp3) is 1.00. The summed E-state index contributed by atoms with van der Waals surface area (Å²) < 4.78 is 5.01. The maximum absolute atomic E-state index is 5.01. The summed E-state index contributed by atoms with van der Waals surface area (Å²) in [6, 6.07) is 0. The Morgan fingerprint density at radius 3 is 1.57 bits per heavy atom. The molecule has 0 aliphatic carbocycles. The summed E-state index contributed by atoms with van der Waals surface area (Å²) in [4.78, 5) is 0. The Balaban J connectivity index is 2.78. The van der Waals surface area contributed by atoms with Crippen LogP contribution in [0.3, 0.4) is 0 Å². The molecule has 0 aromatic heterocycles. The average molecular weight is 218 g/mol. The van der Waals surface area contributed by atoms with Crippen LogP contribution >= 0.6 is 12.6 Å². The second kappa shape index (κ2) is 13.3. The Labute approximate surface area is 95.0 Å². The summed E-state index contributed by atoms with van der Waals surface area (Å²) in [5.41, 5.74) is 0. The lowest BCUT2D eigenvalue weighted by atomic mass is 10.1. The molecule has 0 aliphatic rings. The minimum atomic E-state index is 0.932. The van der Waals surface area contributed by atoms with E-state index in [0.717, 1.165) is 12.4 Å². The molecule has 0 fully saturated rings. The van der Waals surface area contributed by atoms with Crippen LogP contribution in [-0.4, -0.2) is 19.5 Å². The van der Waals surface area contributed by atoms with Crippen molar-refractivity contribution >= 4 is 12.6 Å². The van der Waals surface area contributed by atoms with Gasteiger partial charge in [0.15, 0.2) is 0 Å². The van der Waals surface area contributed by atoms with Gasteiger partial charge in [0.2, 0.25) is 0 Å². The largest absolute Gasteiger partial charge is 0.385 e. The predicted octanol–water partition coefficient (Wildman–Crippen LogP) is 4.07. The summed E-state index contributed by atoms with van der Waals surface area (Å²) >= 11 is 4.20. The van der Waals surface area contributed by atoms with Crippen LogP contribution < -0.4 is 0 Å². The molecule has 0 atom stereocenters. The first kappa shape index (κ1) is 14.3. The van der Waals surface area contributed by atoms with Gasteiger partial charge in [-0.1, -0.05) is 44.9 Å². The monoisotopic (exact) mass is 218 g/mol. The number of hydrogen-bond donors (Lipinski definition) is 1. The van der Waals surface area contributed by atoms with Gasteiger partial charge in [0.25, 0.3) is 0 Å². The second-order valence-electron chi connectivity index (χ2n) is 3.90. The number of thiol groups is 1. The third-order valence-corrected chi connectivity index (χ3v) is 2.82. The molecule has 0 unspecified atom stereocenters. The van der Waals surface area contributed by atoms with Crippen LogP contribution in [0.2, 0.25) is 0 Å². The zero-order valence-corrected chi connectivity index (χ0v) is 10.5. The zero-order chi connectivity index (χ0) is 10.5. The normalized spacial score (nSPS) is 10.7. The van der Waals surface area contributed by atoms with E-state index in [-0.39, 0.29) is 0 Å². The van der Waals surface area contributed by atoms with E-state index in [0.29, 0.717) is 0 Å². The Bertz CT molecular complexity index is 84.3. The molecule has 0 saturated carbocycles. The molecule has 0 rings (SSSR count). The first-order valence-electron chi connectivity index (χ1n) is 6.01. The van der Waals surface area contributed by atoms with E-state index in [2.05, 4.69) is 12.6 Å². The lowest BCUT2D eigenvalue weighted by Crippen LogP contribution is -1.88. The highest BCUT2D eigenvalue weighted by molar-refractivity contribution is 7.80. The van der Waals surface area contributed by atoms with Gasteiger partial charge in [-0.15, -0.1) is 0 Å². The third-order valence-electron chi connectivity index (χ3n) is 2.51. The van der Waals surface area contributed by atoms with E-state index in [1.165, 1.54) is 57.8 Å². The van der Waals surface area contributed by atoms with Crippen molar-refractivity contribution < 1.29 is 4.74 Å². The predicted molar refractivity (Wildman–Crippen MR) is 67.3 cm³/mol. The quantitative estimate of drug-likeness (QED) is 0.406. The van der Waals surface area contributed by atoms with Gasteiger partial charge in [-0.2, -0.15) is 12.6 Å². The smallest absolute Gasteiger partial charge is 0.0462 e. The highest BCUT2D eigenvalue weighted by Gasteiger charge is 1.91. The molecule has 0 amide bonds. The van der Waals surface area contributed by atoms with Crippen LogP contribution in [0.1, 0.15) is 57.8 Å². The summed E-state index contributed by atoms with van der Waals surface area (Å²) in [6.45, 7) is 0.932. The number of methoxy groups -OCH3 is 1. The van der Waals surface area contributed by atoms with Crippen molar-refractivity contribution in [1.82, 2.24) is 0 Å². The van der Waals surface area contributed by atoms with Crippen molar-refractivity contribution in [3.63, 3.8) is 0 Å². The molecule has 0 heterocycles. The summed E-state index contributed by atoms with van der Waals surface area (Å²) in [6.07, 6.45) is 12.3. The maximum Gasteiger partial charge on any atom is 0.0462 e. The molecule has 0 N–H and O–H groups in total. The van der Waals surface area contributed by atoms with E-state index in [4.69, 9.17) is 4.74 Å². The fourth-order valence-electron chi connectivity index (χ4n) is 1.60. The lowest BCUT2D eigenvalue weighted by molar-refractivity contribution is 0.192. The Morgan fingerprint density at radius 1 is 0.714 bits per heavy atom. The van der Waals surface area contributed by atoms with Gasteiger partial charge in [0.1, 0.15) is 0 Å². The number of rotatable bonds is 11. The summed E-state index contributed by atoms with van der Waals surface area (Å²) in [7, 11) is 1.78. The van der Waals surface area contributed by atoms with Gasteiger partial charge in [-0.25, -0.2) is 0 Å². The van der Waals surface area contributed by atoms with Gasteiger partial charge >= 0.3 is 0 Å². The van der Waals surface area contributed by atoms with E-state index >= 15 is 0 Å². The van der Waals surface area contributed by atoms with Gasteiger partial charge < -0.3 is 4.74 Å². The van der Waals surface area contributed by atoms with E-state index in [9.17, 15) is 0 Å². The molecule has 0 bridgehead atoms. The van der Waals surface area contributed by atoms with E-state index in [1.807, 2.05) is 0 Å². The molecular weight excluding hydrogens is 192 g/mol. The Morgan fingerprint density at radius 2 is 1.14 bits per heavy atom. The van der Waals surface area contributed by atoms with Gasteiger partial charge in [0.05, 0.1) is 0 Å². The highest BCUT2D eigenvalue weighted by atomic mass is 32.1. The second-order valence-corrected chi connectivity index (χ2v) is 4.35. The summed E-state index contributed by atoms with van der Waals surface area (Å²) in [5.74, 6) is 1.05. The topological polar surface area (TPSA) is 9.23 Å². The molecule has 0 radical (unpaired) electrons. The van der Waals surface area contributed by atoms with Crippen LogP contribution in [-0.2, 0) is 4.74 Å². The number of hydrogen-bond acceptors (Lipinski definition) is 2. The first-order chi connectivity index (χ1) is 6.91.